The minimum Gasteiger partial charge on any atom is -0.451 e. The molecule has 0 spiro atoms. The van der Waals surface area contributed by atoms with E-state index in [0.717, 1.165) is 10.9 Å². The van der Waals surface area contributed by atoms with E-state index in [0.29, 0.717) is 28.3 Å². The Balaban J connectivity index is 1.51. The summed E-state index contributed by atoms with van der Waals surface area (Å²) >= 11 is 0. The van der Waals surface area contributed by atoms with Gasteiger partial charge in [-0.3, -0.25) is 19.7 Å². The van der Waals surface area contributed by atoms with Crippen molar-refractivity contribution in [2.45, 2.75) is 26.8 Å². The van der Waals surface area contributed by atoms with E-state index < -0.39 is 6.04 Å². The van der Waals surface area contributed by atoms with Gasteiger partial charge in [0.05, 0.1) is 23.1 Å². The molecule has 1 aromatic carbocycles. The number of aryl methyl sites for hydroxylation is 1. The molecule has 0 bridgehead atoms. The van der Waals surface area contributed by atoms with Gasteiger partial charge in [0.25, 0.3) is 11.5 Å². The van der Waals surface area contributed by atoms with Crippen LogP contribution in [0.25, 0.3) is 28.0 Å². The second kappa shape index (κ2) is 8.05. The third-order valence-corrected chi connectivity index (χ3v) is 5.73. The Hall–Kier alpha value is -4.20. The molecular formula is C25H23N5O3. The lowest BCUT2D eigenvalue weighted by Crippen LogP contribution is -2.33. The molecule has 4 aromatic heterocycles. The van der Waals surface area contributed by atoms with Crippen molar-refractivity contribution in [3.8, 4) is 11.4 Å². The number of nitrogens with one attached hydrogen (secondary N) is 2. The molecule has 0 aliphatic heterocycles. The topological polar surface area (TPSA) is 105 Å². The lowest BCUT2D eigenvalue weighted by molar-refractivity contribution is 0.0897. The maximum Gasteiger partial charge on any atom is 0.287 e. The summed E-state index contributed by atoms with van der Waals surface area (Å²) in [5, 5.41) is 6.96. The highest BCUT2D eigenvalue weighted by Crippen LogP contribution is 2.27. The normalized spacial score (nSPS) is 12.5. The summed E-state index contributed by atoms with van der Waals surface area (Å²) in [7, 11) is 0. The molecule has 0 fully saturated rings. The molecule has 0 aliphatic rings. The third-order valence-electron chi connectivity index (χ3n) is 5.73. The highest BCUT2D eigenvalue weighted by Gasteiger charge is 2.25. The molecule has 4 heterocycles. The molecule has 0 unspecified atom stereocenters. The number of para-hydroxylation sites is 1. The number of carbonyl (C=O) groups excluding carboxylic acids is 1. The van der Waals surface area contributed by atoms with Crippen LogP contribution in [-0.4, -0.2) is 25.5 Å². The Morgan fingerprint density at radius 2 is 1.91 bits per heavy atom. The summed E-state index contributed by atoms with van der Waals surface area (Å²) in [6.45, 7) is 5.80. The van der Waals surface area contributed by atoms with Crippen LogP contribution in [0.1, 0.15) is 41.7 Å². The average Bonchev–Trinajstić information content (AvgIpc) is 3.40. The number of fused-ring (bicyclic) bond motifs is 2. The molecule has 33 heavy (non-hydrogen) atoms. The van der Waals surface area contributed by atoms with Gasteiger partial charge in [0.2, 0.25) is 0 Å². The Labute approximate surface area is 189 Å². The van der Waals surface area contributed by atoms with Gasteiger partial charge >= 0.3 is 0 Å². The van der Waals surface area contributed by atoms with Crippen LogP contribution < -0.4 is 10.9 Å². The zero-order valence-electron chi connectivity index (χ0n) is 18.5. The predicted molar refractivity (Wildman–Crippen MR) is 125 cm³/mol. The molecule has 1 amide bonds. The fourth-order valence-corrected chi connectivity index (χ4v) is 4.00. The Morgan fingerprint density at radius 1 is 1.12 bits per heavy atom. The fourth-order valence-electron chi connectivity index (χ4n) is 4.00. The molecule has 0 saturated carbocycles. The highest BCUT2D eigenvalue weighted by molar-refractivity contribution is 5.99. The molecule has 8 nitrogen and oxygen atoms in total. The lowest BCUT2D eigenvalue weighted by Gasteiger charge is -2.21. The molecule has 1 atom stereocenters. The van der Waals surface area contributed by atoms with Crippen LogP contribution in [0.15, 0.2) is 70.0 Å². The molecule has 0 aliphatic carbocycles. The maximum atomic E-state index is 13.1. The van der Waals surface area contributed by atoms with Crippen LogP contribution in [0, 0.1) is 12.8 Å². The largest absolute Gasteiger partial charge is 0.451 e. The minimum atomic E-state index is -0.476. The Morgan fingerprint density at radius 3 is 2.64 bits per heavy atom. The zero-order chi connectivity index (χ0) is 23.1. The van der Waals surface area contributed by atoms with Crippen LogP contribution >= 0.6 is 0 Å². The smallest absolute Gasteiger partial charge is 0.287 e. The second-order valence-corrected chi connectivity index (χ2v) is 8.35. The Kier molecular flexibility index (Phi) is 5.05. The van der Waals surface area contributed by atoms with E-state index in [1.165, 1.54) is 10.6 Å². The second-order valence-electron chi connectivity index (χ2n) is 8.35. The van der Waals surface area contributed by atoms with Crippen LogP contribution in [0.3, 0.4) is 0 Å². The molecule has 166 valence electrons. The van der Waals surface area contributed by atoms with Crippen molar-refractivity contribution >= 4 is 22.5 Å². The number of carbonyl (C=O) groups is 1. The van der Waals surface area contributed by atoms with E-state index in [2.05, 4.69) is 20.4 Å². The number of aromatic nitrogens is 4. The number of hydrogen-bond acceptors (Lipinski definition) is 5. The van der Waals surface area contributed by atoms with Gasteiger partial charge in [-0.05, 0) is 31.0 Å². The first-order chi connectivity index (χ1) is 15.9. The van der Waals surface area contributed by atoms with Crippen molar-refractivity contribution in [3.63, 3.8) is 0 Å². The molecular weight excluding hydrogens is 418 g/mol. The Bertz CT molecular complexity index is 1530. The van der Waals surface area contributed by atoms with Gasteiger partial charge in [-0.25, -0.2) is 9.50 Å². The summed E-state index contributed by atoms with van der Waals surface area (Å²) in [4.78, 5) is 35.0. The van der Waals surface area contributed by atoms with Crippen molar-refractivity contribution in [2.75, 3.05) is 0 Å². The van der Waals surface area contributed by atoms with E-state index in [1.54, 1.807) is 12.3 Å². The van der Waals surface area contributed by atoms with Crippen LogP contribution in [0.4, 0.5) is 0 Å². The van der Waals surface area contributed by atoms with Crippen LogP contribution in [-0.2, 0) is 0 Å². The first kappa shape index (κ1) is 20.7. The molecule has 5 aromatic rings. The number of hydrogen-bond donors (Lipinski definition) is 2. The van der Waals surface area contributed by atoms with Crippen molar-refractivity contribution in [1.29, 1.82) is 0 Å². The monoisotopic (exact) mass is 441 g/mol. The number of pyridine rings is 1. The van der Waals surface area contributed by atoms with Gasteiger partial charge in [0.15, 0.2) is 11.4 Å². The number of aromatic amines is 1. The van der Waals surface area contributed by atoms with Gasteiger partial charge < -0.3 is 9.73 Å². The third kappa shape index (κ3) is 3.69. The van der Waals surface area contributed by atoms with Crippen LogP contribution in [0.2, 0.25) is 0 Å². The summed E-state index contributed by atoms with van der Waals surface area (Å²) in [6, 6.07) is 15.8. The van der Waals surface area contributed by atoms with Gasteiger partial charge in [-0.15, -0.1) is 0 Å². The van der Waals surface area contributed by atoms with Gasteiger partial charge in [0.1, 0.15) is 5.58 Å². The standard InChI is InChI=1S/C25H23N5O3/c1-14(2)23(28-25(32)24-15(3)16-8-4-5-10-20(16)33-24)19-13-22(31)30-21(27-19)12-18(29-30)17-9-6-7-11-26-17/h4-14,23,29H,1-3H3,(H,28,32)/t23-/m0/s1. The van der Waals surface area contributed by atoms with E-state index in [1.807, 2.05) is 63.2 Å². The first-order valence-electron chi connectivity index (χ1n) is 10.8. The summed E-state index contributed by atoms with van der Waals surface area (Å²) in [5.74, 6) is -0.0893. The lowest BCUT2D eigenvalue weighted by atomic mass is 10.00. The van der Waals surface area contributed by atoms with E-state index in [-0.39, 0.29) is 23.1 Å². The predicted octanol–water partition coefficient (Wildman–Crippen LogP) is 4.27. The maximum absolute atomic E-state index is 13.1. The van der Waals surface area contributed by atoms with Crippen molar-refractivity contribution < 1.29 is 9.21 Å². The molecule has 0 saturated heterocycles. The minimum absolute atomic E-state index is 0.0119. The highest BCUT2D eigenvalue weighted by atomic mass is 16.3. The van der Waals surface area contributed by atoms with E-state index in [9.17, 15) is 9.59 Å². The van der Waals surface area contributed by atoms with Crippen molar-refractivity contribution in [2.24, 2.45) is 5.92 Å². The van der Waals surface area contributed by atoms with Gasteiger partial charge in [-0.2, -0.15) is 0 Å². The van der Waals surface area contributed by atoms with Crippen LogP contribution in [0.5, 0.6) is 0 Å². The van der Waals surface area contributed by atoms with Gasteiger partial charge in [-0.1, -0.05) is 38.1 Å². The molecule has 5 rings (SSSR count). The zero-order valence-corrected chi connectivity index (χ0v) is 18.5. The summed E-state index contributed by atoms with van der Waals surface area (Å²) in [6.07, 6.45) is 1.69. The molecule has 0 radical (unpaired) electrons. The van der Waals surface area contributed by atoms with E-state index >= 15 is 0 Å². The number of rotatable bonds is 5. The number of H-pyrrole nitrogens is 1. The first-order valence-corrected chi connectivity index (χ1v) is 10.8. The number of furan rings is 1. The summed E-state index contributed by atoms with van der Waals surface area (Å²) < 4.78 is 7.18. The number of nitrogens with zero attached hydrogens (tertiary/aromatic N) is 3. The molecule has 2 N–H and O–H groups in total. The molecule has 8 heteroatoms. The van der Waals surface area contributed by atoms with Gasteiger partial charge in [0, 0.05) is 29.3 Å². The fraction of sp³-hybridized carbons (Fsp3) is 0.200. The van der Waals surface area contributed by atoms with Crippen molar-refractivity contribution in [3.05, 3.63) is 88.2 Å². The average molecular weight is 441 g/mol. The number of benzene rings is 1. The summed E-state index contributed by atoms with van der Waals surface area (Å²) in [5.41, 5.74) is 3.50. The quantitative estimate of drug-likeness (QED) is 0.424. The number of amides is 1. The van der Waals surface area contributed by atoms with E-state index in [4.69, 9.17) is 4.42 Å². The SMILES string of the molecule is Cc1c(C(=O)N[C@H](c2cc(=O)n3[nH]c(-c4ccccn4)cc3n2)C(C)C)oc2ccccc12. The van der Waals surface area contributed by atoms with Crippen molar-refractivity contribution in [1.82, 2.24) is 24.9 Å².